The number of hydrogen-bond donors (Lipinski definition) is 4. The summed E-state index contributed by atoms with van der Waals surface area (Å²) >= 11 is 4.37. The van der Waals surface area contributed by atoms with E-state index in [0.717, 1.165) is 45.3 Å². The predicted octanol–water partition coefficient (Wildman–Crippen LogP) is 3.58. The lowest BCUT2D eigenvalue weighted by molar-refractivity contribution is -0.179. The van der Waals surface area contributed by atoms with Gasteiger partial charge in [0, 0.05) is 40.4 Å². The summed E-state index contributed by atoms with van der Waals surface area (Å²) in [5.74, 6) is -4.66. The molecule has 8 amide bonds. The van der Waals surface area contributed by atoms with E-state index in [1.165, 1.54) is 60.1 Å². The number of carbonyl (C=O) groups is 10. The number of carbonyl (C=O) groups excluding carboxylic acids is 8. The summed E-state index contributed by atoms with van der Waals surface area (Å²) in [5.41, 5.74) is -0.312. The number of esters is 2. The van der Waals surface area contributed by atoms with Crippen LogP contribution in [0.1, 0.15) is 125 Å². The van der Waals surface area contributed by atoms with Gasteiger partial charge in [0.1, 0.15) is 46.3 Å². The van der Waals surface area contributed by atoms with Crippen LogP contribution in [-0.2, 0) is 57.9 Å². The Hall–Kier alpha value is -6.34. The first-order valence-corrected chi connectivity index (χ1v) is 34.0. The highest BCUT2D eigenvalue weighted by molar-refractivity contribution is 8.02. The fourth-order valence-electron chi connectivity index (χ4n) is 12.0. The van der Waals surface area contributed by atoms with E-state index >= 15 is 0 Å². The van der Waals surface area contributed by atoms with Crippen molar-refractivity contribution in [1.82, 2.24) is 44.3 Å². The van der Waals surface area contributed by atoms with Crippen molar-refractivity contribution in [2.45, 2.75) is 186 Å². The number of thioether (sulfide) groups is 3. The van der Waals surface area contributed by atoms with Gasteiger partial charge in [-0.25, -0.2) is 41.6 Å². The van der Waals surface area contributed by atoms with E-state index in [4.69, 9.17) is 9.47 Å². The number of rotatable bonds is 14. The number of carboxylic acids is 2. The molecule has 0 spiro atoms. The average molecular weight is 1300 g/mol. The highest BCUT2D eigenvalue weighted by Crippen LogP contribution is 2.54. The third-order valence-corrected chi connectivity index (χ3v) is 22.4. The van der Waals surface area contributed by atoms with Crippen molar-refractivity contribution in [2.75, 3.05) is 52.3 Å². The molecule has 88 heavy (non-hydrogen) atoms. The lowest BCUT2D eigenvalue weighted by Crippen LogP contribution is -2.71. The number of ether oxygens (including phenoxy) is 2. The zero-order valence-electron chi connectivity index (χ0n) is 51.2. The molecule has 0 radical (unpaired) electrons. The van der Waals surface area contributed by atoms with Crippen molar-refractivity contribution in [3.8, 4) is 0 Å². The maximum absolute atomic E-state index is 13.3. The number of nitrogens with zero attached hydrogens (tertiary/aromatic N) is 9. The van der Waals surface area contributed by atoms with Gasteiger partial charge in [-0.05, 0) is 93.6 Å². The summed E-state index contributed by atoms with van der Waals surface area (Å²) < 4.78 is 32.5. The fraction of sp³-hybridized carbons (Fsp3) is 0.684. The number of amides is 8. The number of nitrogens with one attached hydrogen (secondary N) is 2. The van der Waals surface area contributed by atoms with E-state index in [-0.39, 0.29) is 35.7 Å². The largest absolute Gasteiger partial charge is 0.480 e. The summed E-state index contributed by atoms with van der Waals surface area (Å²) in [6.45, 7) is 19.3. The molecule has 9 heterocycles. The minimum Gasteiger partial charge on any atom is -0.480 e. The number of benzene rings is 1. The Morgan fingerprint density at radius 3 is 1.53 bits per heavy atom. The second kappa shape index (κ2) is 26.6. The average Bonchev–Trinajstić information content (AvgIpc) is 1.59. The topological polar surface area (TPSA) is 335 Å². The molecule has 0 saturated carbocycles. The molecule has 0 aliphatic carbocycles. The van der Waals surface area contributed by atoms with Gasteiger partial charge in [0.15, 0.2) is 12.1 Å². The minimum absolute atomic E-state index is 0.133. The van der Waals surface area contributed by atoms with Crippen molar-refractivity contribution in [2.24, 2.45) is 15.4 Å². The van der Waals surface area contributed by atoms with Crippen molar-refractivity contribution in [1.29, 1.82) is 0 Å². The molecule has 0 unspecified atom stereocenters. The van der Waals surface area contributed by atoms with Gasteiger partial charge < -0.3 is 54.8 Å². The van der Waals surface area contributed by atoms with Gasteiger partial charge >= 0.3 is 35.9 Å². The summed E-state index contributed by atoms with van der Waals surface area (Å²) in [6.07, 6.45) is 14.1. The quantitative estimate of drug-likeness (QED) is 0.0680. The van der Waals surface area contributed by atoms with Gasteiger partial charge in [-0.1, -0.05) is 56.0 Å². The van der Waals surface area contributed by atoms with Crippen LogP contribution in [0.5, 0.6) is 0 Å². The summed E-state index contributed by atoms with van der Waals surface area (Å²) in [4.78, 5) is 143. The number of hydrogen-bond acceptors (Lipinski definition) is 19. The van der Waals surface area contributed by atoms with Gasteiger partial charge in [0.2, 0.25) is 28.6 Å². The molecule has 0 aromatic heterocycles. The molecule has 9 saturated heterocycles. The summed E-state index contributed by atoms with van der Waals surface area (Å²) in [5, 5.41) is 23.1. The lowest BCUT2D eigenvalue weighted by Gasteiger charge is -2.44. The molecular weight excluding hydrogens is 1220 g/mol. The van der Waals surface area contributed by atoms with Crippen LogP contribution in [0.2, 0.25) is 0 Å². The van der Waals surface area contributed by atoms with Crippen LogP contribution < -0.4 is 10.6 Å². The van der Waals surface area contributed by atoms with Crippen LogP contribution in [0.4, 0.5) is 9.59 Å². The van der Waals surface area contributed by atoms with E-state index in [2.05, 4.69) is 30.4 Å². The van der Waals surface area contributed by atoms with Gasteiger partial charge in [-0.15, -0.1) is 35.3 Å². The number of β-lactam (4-membered cyclic amide) rings is 3. The number of aliphatic imine (C=N–C) groups is 2. The number of sulfonamides is 1. The van der Waals surface area contributed by atoms with Gasteiger partial charge in [-0.2, -0.15) is 0 Å². The van der Waals surface area contributed by atoms with Crippen molar-refractivity contribution >= 4 is 118 Å². The van der Waals surface area contributed by atoms with Crippen LogP contribution >= 0.6 is 35.3 Å². The number of fused-ring (bicyclic) bond motifs is 3. The molecule has 4 N–H and O–H groups in total. The molecule has 10 atom stereocenters. The van der Waals surface area contributed by atoms with Crippen LogP contribution in [0.3, 0.4) is 0 Å². The van der Waals surface area contributed by atoms with E-state index in [1.807, 2.05) is 40.4 Å². The lowest BCUT2D eigenvalue weighted by atomic mass is 9.95. The highest BCUT2D eigenvalue weighted by atomic mass is 32.2. The second-order valence-electron chi connectivity index (χ2n) is 25.6. The molecular formula is C57H81N11O16S4. The Morgan fingerprint density at radius 1 is 0.648 bits per heavy atom. The maximum Gasteiger partial charge on any atom is 0.341 e. The predicted molar refractivity (Wildman–Crippen MR) is 328 cm³/mol. The molecule has 0 bridgehead atoms. The Balaban J connectivity index is 0.000000176. The van der Waals surface area contributed by atoms with E-state index in [0.29, 0.717) is 14.8 Å². The first-order valence-electron chi connectivity index (χ1n) is 29.5. The summed E-state index contributed by atoms with van der Waals surface area (Å²) in [6, 6.07) is 0.401. The standard InChI is InChI=1S/C21H25N5O8S2.C21H33N3O5S.C15H23N3O3S/c1-21(2)14(18(29)30)26-16(28)13(17(26)35-21)22-15(27)12(11-7-5-4-6-8-11)23-19(31)24-9-10-25(20(24)32)36(3,33)34;1-20(2,3)19(27)29-13-28-18(26)15-21(4,5)30-17-14(16(25)24(15)17)22-12-23-10-8-6-7-9-11-23;1-15(2)11(14(20)21)18-12(19)10(13(18)22-15)16-9-17-7-5-3-4-6-8-17/h4-8,12-14,17H,9-10H2,1-3H3,(H,22,27)(H,23,31)(H,29,30);12,14-15,17H,6-11,13H2,1-5H3;9-11,13H,3-8H2,1-2H3,(H,20,21)/t12-,13-,14+,17-;14-,15+,17-;10-,11+,13-/m111/s1. The Labute approximate surface area is 525 Å². The Kier molecular flexibility index (Phi) is 20.4. The van der Waals surface area contributed by atoms with Gasteiger partial charge in [0.25, 0.3) is 11.8 Å². The molecule has 10 rings (SSSR count). The fourth-order valence-corrected chi connectivity index (χ4v) is 17.6. The van der Waals surface area contributed by atoms with Crippen molar-refractivity contribution in [3.05, 3.63) is 35.9 Å². The molecule has 9 aliphatic rings. The molecule has 9 fully saturated rings. The number of likely N-dealkylation sites (tertiary alicyclic amines) is 2. The SMILES string of the molecule is CC(C)(C)C(=O)OCOC(=O)[C@@H]1N2C(=O)[C@@H](N=CN3CCCCCC3)[C@H]2SC1(C)C.CC1(C)S[C@@H]2[C@H](N=CN3CCCCCC3)C(=O)N2[C@H]1C(=O)O.CC1(C)S[C@@H]2[C@H](NC(=O)[C@H](NC(=O)N3CCN(S(C)(=O)=O)C3=O)c3ccccc3)C(=O)N2[C@H]1C(=O)O. The molecule has 1 aromatic rings. The van der Waals surface area contributed by atoms with E-state index in [9.17, 15) is 66.6 Å². The van der Waals surface area contributed by atoms with Crippen LogP contribution in [0.25, 0.3) is 0 Å². The number of aliphatic carboxylic acids is 2. The van der Waals surface area contributed by atoms with Gasteiger partial charge in [0.05, 0.1) is 37.4 Å². The third-order valence-electron chi connectivity index (χ3n) is 16.6. The van der Waals surface area contributed by atoms with E-state index in [1.54, 1.807) is 93.4 Å². The first kappa shape index (κ1) is 67.6. The second-order valence-corrected chi connectivity index (χ2v) is 32.8. The minimum atomic E-state index is -3.87. The van der Waals surface area contributed by atoms with Gasteiger partial charge in [-0.3, -0.25) is 34.0 Å². The normalized spacial score (nSPS) is 28.9. The zero-order chi connectivity index (χ0) is 64.6. The number of carboxylic acid groups (broad SMARTS) is 2. The highest BCUT2D eigenvalue weighted by Gasteiger charge is 2.67. The van der Waals surface area contributed by atoms with Crippen LogP contribution in [-0.4, -0.2) is 244 Å². The first-order chi connectivity index (χ1) is 41.2. The number of urea groups is 2. The van der Waals surface area contributed by atoms with E-state index < -0.39 is 132 Å². The number of imide groups is 1. The summed E-state index contributed by atoms with van der Waals surface area (Å²) in [7, 11) is -3.87. The monoisotopic (exact) mass is 1300 g/mol. The zero-order valence-corrected chi connectivity index (χ0v) is 54.5. The van der Waals surface area contributed by atoms with Crippen molar-refractivity contribution in [3.63, 3.8) is 0 Å². The maximum atomic E-state index is 13.3. The molecule has 31 heteroatoms. The molecule has 1 aromatic carbocycles. The Bertz CT molecular complexity index is 3060. The van der Waals surface area contributed by atoms with Crippen LogP contribution in [0.15, 0.2) is 40.3 Å². The van der Waals surface area contributed by atoms with Crippen molar-refractivity contribution < 1.29 is 76.0 Å². The molecule has 9 aliphatic heterocycles. The third kappa shape index (κ3) is 14.3. The smallest absolute Gasteiger partial charge is 0.341 e. The Morgan fingerprint density at radius 2 is 1.09 bits per heavy atom. The molecule has 484 valence electrons. The van der Waals surface area contributed by atoms with Crippen LogP contribution in [0, 0.1) is 5.41 Å². The molecule has 27 nitrogen and oxygen atoms in total.